The largest absolute Gasteiger partial charge is 0.348 e. The van der Waals surface area contributed by atoms with Crippen LogP contribution in [0.4, 0.5) is 0 Å². The molecule has 15 heavy (non-hydrogen) atoms. The highest BCUT2D eigenvalue weighted by atomic mass is 32.1. The predicted octanol–water partition coefficient (Wildman–Crippen LogP) is 1.09. The Bertz CT molecular complexity index is 346. The van der Waals surface area contributed by atoms with Crippen molar-refractivity contribution in [3.63, 3.8) is 0 Å². The minimum atomic E-state index is -0.0954. The molecule has 0 fully saturated rings. The van der Waals surface area contributed by atoms with Crippen LogP contribution in [-0.4, -0.2) is 23.5 Å². The fourth-order valence-corrected chi connectivity index (χ4v) is 2.17. The average Bonchev–Trinajstić information content (AvgIpc) is 2.46. The Morgan fingerprint density at radius 1 is 1.60 bits per heavy atom. The van der Waals surface area contributed by atoms with Crippen molar-refractivity contribution in [1.82, 2.24) is 10.3 Å². The molecule has 1 heterocycles. The first-order chi connectivity index (χ1) is 7.04. The van der Waals surface area contributed by atoms with Gasteiger partial charge in [-0.2, -0.15) is 0 Å². The minimum Gasteiger partial charge on any atom is -0.348 e. The molecular formula is C10H17N3OS. The lowest BCUT2D eigenvalue weighted by molar-refractivity contribution is 0.0938. The number of rotatable bonds is 4. The Labute approximate surface area is 93.9 Å². The van der Waals surface area contributed by atoms with Crippen LogP contribution in [0.15, 0.2) is 0 Å². The van der Waals surface area contributed by atoms with Gasteiger partial charge in [0.25, 0.3) is 5.91 Å². The summed E-state index contributed by atoms with van der Waals surface area (Å²) in [4.78, 5) is 16.9. The Balaban J connectivity index is 2.80. The van der Waals surface area contributed by atoms with E-state index in [4.69, 9.17) is 5.73 Å². The molecule has 0 aliphatic carbocycles. The van der Waals surface area contributed by atoms with Gasteiger partial charge in [0.05, 0.1) is 5.01 Å². The molecule has 1 aromatic heterocycles. The number of carbonyl (C=O) groups is 1. The summed E-state index contributed by atoms with van der Waals surface area (Å²) in [6, 6.07) is 0.136. The number of hydrogen-bond donors (Lipinski definition) is 2. The van der Waals surface area contributed by atoms with Crippen LogP contribution in [0.3, 0.4) is 0 Å². The van der Waals surface area contributed by atoms with Gasteiger partial charge in [-0.25, -0.2) is 4.98 Å². The molecule has 0 spiro atoms. The normalized spacial score (nSPS) is 10.7. The van der Waals surface area contributed by atoms with Gasteiger partial charge in [-0.15, -0.1) is 11.3 Å². The third-order valence-corrected chi connectivity index (χ3v) is 2.86. The van der Waals surface area contributed by atoms with Crippen molar-refractivity contribution in [2.75, 3.05) is 6.54 Å². The maximum absolute atomic E-state index is 11.7. The Morgan fingerprint density at radius 3 is 2.80 bits per heavy atom. The third kappa shape index (κ3) is 3.28. The van der Waals surface area contributed by atoms with Crippen molar-refractivity contribution < 1.29 is 4.79 Å². The SMILES string of the molecule is Cc1sc(CCN)nc1C(=O)NC(C)C. The fraction of sp³-hybridized carbons (Fsp3) is 0.600. The smallest absolute Gasteiger partial charge is 0.271 e. The van der Waals surface area contributed by atoms with Crippen LogP contribution in [0.25, 0.3) is 0 Å². The summed E-state index contributed by atoms with van der Waals surface area (Å²) >= 11 is 1.54. The number of aryl methyl sites for hydroxylation is 1. The first kappa shape index (κ1) is 12.1. The van der Waals surface area contributed by atoms with Gasteiger partial charge in [-0.1, -0.05) is 0 Å². The summed E-state index contributed by atoms with van der Waals surface area (Å²) in [5.74, 6) is -0.0954. The molecule has 0 aliphatic heterocycles. The zero-order chi connectivity index (χ0) is 11.4. The lowest BCUT2D eigenvalue weighted by Crippen LogP contribution is -2.30. The van der Waals surface area contributed by atoms with E-state index in [0.717, 1.165) is 16.3 Å². The number of amides is 1. The van der Waals surface area contributed by atoms with Crippen LogP contribution in [0.5, 0.6) is 0 Å². The molecule has 4 nitrogen and oxygen atoms in total. The molecule has 5 heteroatoms. The number of nitrogens with zero attached hydrogens (tertiary/aromatic N) is 1. The maximum Gasteiger partial charge on any atom is 0.271 e. The average molecular weight is 227 g/mol. The van der Waals surface area contributed by atoms with Crippen molar-refractivity contribution >= 4 is 17.2 Å². The van der Waals surface area contributed by atoms with Crippen LogP contribution >= 0.6 is 11.3 Å². The molecule has 0 atom stereocenters. The van der Waals surface area contributed by atoms with Gasteiger partial charge in [-0.3, -0.25) is 4.79 Å². The summed E-state index contributed by atoms with van der Waals surface area (Å²) in [5, 5.41) is 3.76. The molecule has 1 rings (SSSR count). The van der Waals surface area contributed by atoms with E-state index in [2.05, 4.69) is 10.3 Å². The van der Waals surface area contributed by atoms with Crippen molar-refractivity contribution in [1.29, 1.82) is 0 Å². The Kier molecular flexibility index (Phi) is 4.23. The first-order valence-corrected chi connectivity index (χ1v) is 5.83. The second-order valence-corrected chi connectivity index (χ2v) is 4.97. The lowest BCUT2D eigenvalue weighted by Gasteiger charge is -2.06. The van der Waals surface area contributed by atoms with Gasteiger partial charge in [0.2, 0.25) is 0 Å². The maximum atomic E-state index is 11.7. The number of hydrogen-bond acceptors (Lipinski definition) is 4. The molecule has 0 saturated carbocycles. The molecule has 0 radical (unpaired) electrons. The fourth-order valence-electron chi connectivity index (χ4n) is 1.22. The number of carbonyl (C=O) groups excluding carboxylic acids is 1. The lowest BCUT2D eigenvalue weighted by atomic mass is 10.3. The molecular weight excluding hydrogens is 210 g/mol. The molecule has 1 amide bonds. The molecule has 3 N–H and O–H groups in total. The van der Waals surface area contributed by atoms with Gasteiger partial charge in [0.15, 0.2) is 0 Å². The summed E-state index contributed by atoms with van der Waals surface area (Å²) in [5.41, 5.74) is 5.98. The van der Waals surface area contributed by atoms with Gasteiger partial charge in [0.1, 0.15) is 5.69 Å². The quantitative estimate of drug-likeness (QED) is 0.809. The topological polar surface area (TPSA) is 68.0 Å². The van der Waals surface area contributed by atoms with E-state index in [-0.39, 0.29) is 11.9 Å². The summed E-state index contributed by atoms with van der Waals surface area (Å²) in [7, 11) is 0. The monoisotopic (exact) mass is 227 g/mol. The van der Waals surface area contributed by atoms with Gasteiger partial charge in [0, 0.05) is 17.3 Å². The predicted molar refractivity (Wildman–Crippen MR) is 62.2 cm³/mol. The van der Waals surface area contributed by atoms with E-state index in [1.54, 1.807) is 11.3 Å². The molecule has 0 bridgehead atoms. The van der Waals surface area contributed by atoms with E-state index in [9.17, 15) is 4.79 Å². The van der Waals surface area contributed by atoms with E-state index in [0.29, 0.717) is 12.2 Å². The van der Waals surface area contributed by atoms with E-state index in [1.807, 2.05) is 20.8 Å². The van der Waals surface area contributed by atoms with Gasteiger partial charge >= 0.3 is 0 Å². The highest BCUT2D eigenvalue weighted by Gasteiger charge is 2.15. The van der Waals surface area contributed by atoms with Gasteiger partial charge < -0.3 is 11.1 Å². The van der Waals surface area contributed by atoms with Crippen molar-refractivity contribution in [3.8, 4) is 0 Å². The van der Waals surface area contributed by atoms with E-state index < -0.39 is 0 Å². The highest BCUT2D eigenvalue weighted by Crippen LogP contribution is 2.17. The number of aromatic nitrogens is 1. The molecule has 0 aromatic carbocycles. The zero-order valence-electron chi connectivity index (χ0n) is 9.33. The summed E-state index contributed by atoms with van der Waals surface area (Å²) in [6.07, 6.45) is 0.737. The molecule has 0 aliphatic rings. The van der Waals surface area contributed by atoms with E-state index >= 15 is 0 Å². The van der Waals surface area contributed by atoms with Crippen LogP contribution in [-0.2, 0) is 6.42 Å². The Hall–Kier alpha value is -0.940. The molecule has 84 valence electrons. The van der Waals surface area contributed by atoms with Crippen molar-refractivity contribution in [3.05, 3.63) is 15.6 Å². The Morgan fingerprint density at radius 2 is 2.27 bits per heavy atom. The van der Waals surface area contributed by atoms with Gasteiger partial charge in [-0.05, 0) is 27.3 Å². The third-order valence-electron chi connectivity index (χ3n) is 1.83. The molecule has 0 unspecified atom stereocenters. The van der Waals surface area contributed by atoms with Crippen LogP contribution in [0.1, 0.15) is 34.2 Å². The molecule has 1 aromatic rings. The molecule has 0 saturated heterocycles. The summed E-state index contributed by atoms with van der Waals surface area (Å²) in [6.45, 7) is 6.34. The zero-order valence-corrected chi connectivity index (χ0v) is 10.1. The van der Waals surface area contributed by atoms with Crippen molar-refractivity contribution in [2.24, 2.45) is 5.73 Å². The number of thiazole rings is 1. The minimum absolute atomic E-state index is 0.0954. The van der Waals surface area contributed by atoms with Crippen LogP contribution < -0.4 is 11.1 Å². The van der Waals surface area contributed by atoms with E-state index in [1.165, 1.54) is 0 Å². The van der Waals surface area contributed by atoms with Crippen LogP contribution in [0, 0.1) is 6.92 Å². The van der Waals surface area contributed by atoms with Crippen molar-refractivity contribution in [2.45, 2.75) is 33.2 Å². The number of nitrogens with one attached hydrogen (secondary N) is 1. The standard InChI is InChI=1S/C10H17N3OS/c1-6(2)12-10(14)9-7(3)15-8(13-9)4-5-11/h6H,4-5,11H2,1-3H3,(H,12,14). The second-order valence-electron chi connectivity index (χ2n) is 3.68. The second kappa shape index (κ2) is 5.23. The summed E-state index contributed by atoms with van der Waals surface area (Å²) < 4.78 is 0. The highest BCUT2D eigenvalue weighted by molar-refractivity contribution is 7.11. The van der Waals surface area contributed by atoms with Crippen LogP contribution in [0.2, 0.25) is 0 Å². The number of nitrogens with two attached hydrogens (primary N) is 1. The first-order valence-electron chi connectivity index (χ1n) is 5.01.